The Balaban J connectivity index is 1.42. The number of piperidine rings is 1. The van der Waals surface area contributed by atoms with Crippen LogP contribution in [0.5, 0.6) is 0 Å². The molecule has 3 N–H and O–H groups in total. The van der Waals surface area contributed by atoms with Crippen molar-refractivity contribution in [1.29, 1.82) is 0 Å². The number of fused-ring (bicyclic) bond motifs is 1. The van der Waals surface area contributed by atoms with Gasteiger partial charge in [0.25, 0.3) is 0 Å². The number of hydrogen-bond donors (Lipinski definition) is 3. The number of aromatic nitrogens is 5. The Hall–Kier alpha value is -3.64. The van der Waals surface area contributed by atoms with Crippen LogP contribution in [0.25, 0.3) is 17.3 Å². The van der Waals surface area contributed by atoms with Gasteiger partial charge < -0.3 is 16.0 Å². The minimum Gasteiger partial charge on any atom is -0.369 e. The summed E-state index contributed by atoms with van der Waals surface area (Å²) >= 11 is 0. The molecule has 12 heteroatoms. The third kappa shape index (κ3) is 5.54. The van der Waals surface area contributed by atoms with Crippen molar-refractivity contribution in [2.24, 2.45) is 5.92 Å². The fourth-order valence-electron chi connectivity index (χ4n) is 4.18. The summed E-state index contributed by atoms with van der Waals surface area (Å²) in [5, 5.41) is 9.82. The molecular formula is C23H27N9O2S. The average molecular weight is 494 g/mol. The maximum Gasteiger partial charge on any atom is 0.229 e. The van der Waals surface area contributed by atoms with E-state index in [1.165, 1.54) is 6.26 Å². The van der Waals surface area contributed by atoms with Crippen LogP contribution in [0.15, 0.2) is 43.0 Å². The molecule has 0 aliphatic carbocycles. The second kappa shape index (κ2) is 9.92. The van der Waals surface area contributed by atoms with Gasteiger partial charge in [-0.05, 0) is 37.0 Å². The number of rotatable bonds is 7. The lowest BCUT2D eigenvalue weighted by molar-refractivity contribution is 0.276. The molecular weight excluding hydrogens is 466 g/mol. The summed E-state index contributed by atoms with van der Waals surface area (Å²) in [5.74, 6) is 1.94. The fourth-order valence-corrected chi connectivity index (χ4v) is 5.12. The van der Waals surface area contributed by atoms with E-state index in [9.17, 15) is 8.42 Å². The van der Waals surface area contributed by atoms with Gasteiger partial charge in [0.2, 0.25) is 16.0 Å². The molecule has 0 radical (unpaired) electrons. The van der Waals surface area contributed by atoms with Crippen molar-refractivity contribution in [1.82, 2.24) is 29.2 Å². The summed E-state index contributed by atoms with van der Waals surface area (Å²) in [7, 11) is -3.21. The molecule has 35 heavy (non-hydrogen) atoms. The third-order valence-corrected chi connectivity index (χ3v) is 7.24. The van der Waals surface area contributed by atoms with E-state index in [2.05, 4.69) is 30.9 Å². The normalized spacial score (nSPS) is 17.9. The Bertz CT molecular complexity index is 1330. The van der Waals surface area contributed by atoms with Gasteiger partial charge in [-0.15, -0.1) is 0 Å². The molecule has 0 bridgehead atoms. The summed E-state index contributed by atoms with van der Waals surface area (Å²) < 4.78 is 25.6. The lowest BCUT2D eigenvalue weighted by Crippen LogP contribution is -2.41. The standard InChI is InChI=1S/C23H27N9O2S/c1-35(33,34)32-11-3-4-16(15-32)12-26-21-18(20-14-27-22-19(30-20)5-2-8-25-22)13-28-23(31-21)29-17-6-9-24-10-7-17/h2,5-7,9-10,13-14,16H,3-4,8,11-12,15H2,1H3,(H,25,27)(H2,24,26,28,29,31). The lowest BCUT2D eigenvalue weighted by Gasteiger charge is -2.31. The molecule has 1 saturated heterocycles. The molecule has 0 saturated carbocycles. The van der Waals surface area contributed by atoms with E-state index in [-0.39, 0.29) is 5.92 Å². The quantitative estimate of drug-likeness (QED) is 0.450. The topological polar surface area (TPSA) is 138 Å². The van der Waals surface area contributed by atoms with Crippen LogP contribution in [-0.2, 0) is 10.0 Å². The number of sulfonamides is 1. The van der Waals surface area contributed by atoms with Gasteiger partial charge in [-0.3, -0.25) is 4.98 Å². The second-order valence-electron chi connectivity index (χ2n) is 8.60. The van der Waals surface area contributed by atoms with Crippen molar-refractivity contribution in [3.05, 3.63) is 48.7 Å². The molecule has 3 aromatic rings. The van der Waals surface area contributed by atoms with Crippen molar-refractivity contribution < 1.29 is 8.42 Å². The van der Waals surface area contributed by atoms with E-state index >= 15 is 0 Å². The highest BCUT2D eigenvalue weighted by Crippen LogP contribution is 2.29. The maximum absolute atomic E-state index is 12.0. The van der Waals surface area contributed by atoms with Gasteiger partial charge in [0, 0.05) is 50.5 Å². The molecule has 2 aliphatic heterocycles. The van der Waals surface area contributed by atoms with E-state index in [0.717, 1.165) is 42.1 Å². The van der Waals surface area contributed by atoms with Gasteiger partial charge in [-0.1, -0.05) is 6.08 Å². The first-order chi connectivity index (χ1) is 17.0. The van der Waals surface area contributed by atoms with Crippen LogP contribution in [0.1, 0.15) is 18.5 Å². The summed E-state index contributed by atoms with van der Waals surface area (Å²) in [6, 6.07) is 3.67. The van der Waals surface area contributed by atoms with Gasteiger partial charge in [0.05, 0.1) is 23.7 Å². The molecule has 5 heterocycles. The van der Waals surface area contributed by atoms with Gasteiger partial charge in [-0.2, -0.15) is 4.98 Å². The molecule has 5 rings (SSSR count). The number of anilines is 4. The summed E-state index contributed by atoms with van der Waals surface area (Å²) in [6.07, 6.45) is 13.8. The number of hydrogen-bond acceptors (Lipinski definition) is 10. The zero-order chi connectivity index (χ0) is 24.3. The maximum atomic E-state index is 12.0. The van der Waals surface area contributed by atoms with Gasteiger partial charge in [-0.25, -0.2) is 27.7 Å². The highest BCUT2D eigenvalue weighted by atomic mass is 32.2. The molecule has 3 aromatic heterocycles. The summed E-state index contributed by atoms with van der Waals surface area (Å²) in [5.41, 5.74) is 2.95. The molecule has 0 spiro atoms. The van der Waals surface area contributed by atoms with Crippen LogP contribution in [0, 0.1) is 5.92 Å². The first-order valence-corrected chi connectivity index (χ1v) is 13.3. The summed E-state index contributed by atoms with van der Waals surface area (Å²) in [4.78, 5) is 22.5. The molecule has 1 unspecified atom stereocenters. The molecule has 0 aromatic carbocycles. The minimum absolute atomic E-state index is 0.166. The summed E-state index contributed by atoms with van der Waals surface area (Å²) in [6.45, 7) is 2.35. The number of pyridine rings is 1. The number of nitrogens with zero attached hydrogens (tertiary/aromatic N) is 6. The Labute approximate surface area is 204 Å². The van der Waals surface area contributed by atoms with Crippen LogP contribution < -0.4 is 16.0 Å². The van der Waals surface area contributed by atoms with Gasteiger partial charge >= 0.3 is 0 Å². The van der Waals surface area contributed by atoms with Crippen molar-refractivity contribution in [2.45, 2.75) is 12.8 Å². The van der Waals surface area contributed by atoms with Gasteiger partial charge in [0.1, 0.15) is 11.5 Å². The third-order valence-electron chi connectivity index (χ3n) is 5.97. The highest BCUT2D eigenvalue weighted by Gasteiger charge is 2.26. The predicted molar refractivity (Wildman–Crippen MR) is 136 cm³/mol. The first kappa shape index (κ1) is 23.1. The minimum atomic E-state index is -3.21. The largest absolute Gasteiger partial charge is 0.369 e. The highest BCUT2D eigenvalue weighted by molar-refractivity contribution is 7.88. The molecule has 0 amide bonds. The SMILES string of the molecule is CS(=O)(=O)N1CCCC(CNc2nc(Nc3ccncc3)ncc2-c2cnc3c(n2)C=CCN3)C1. The fraction of sp³-hybridized carbons (Fsp3) is 0.348. The van der Waals surface area contributed by atoms with E-state index in [0.29, 0.717) is 37.1 Å². The van der Waals surface area contributed by atoms with Crippen molar-refractivity contribution in [3.63, 3.8) is 0 Å². The van der Waals surface area contributed by atoms with Crippen LogP contribution in [-0.4, -0.2) is 70.1 Å². The lowest BCUT2D eigenvalue weighted by atomic mass is 9.99. The average Bonchev–Trinajstić information content (AvgIpc) is 2.87. The van der Waals surface area contributed by atoms with Crippen LogP contribution >= 0.6 is 0 Å². The molecule has 182 valence electrons. The van der Waals surface area contributed by atoms with Crippen LogP contribution in [0.4, 0.5) is 23.3 Å². The van der Waals surface area contributed by atoms with Crippen LogP contribution in [0.3, 0.4) is 0 Å². The Morgan fingerprint density at radius 2 is 2.03 bits per heavy atom. The predicted octanol–water partition coefficient (Wildman–Crippen LogP) is 2.59. The zero-order valence-electron chi connectivity index (χ0n) is 19.3. The second-order valence-corrected chi connectivity index (χ2v) is 10.6. The van der Waals surface area contributed by atoms with Crippen molar-refractivity contribution >= 4 is 39.4 Å². The Morgan fingerprint density at radius 3 is 2.86 bits per heavy atom. The monoisotopic (exact) mass is 493 g/mol. The zero-order valence-corrected chi connectivity index (χ0v) is 20.2. The number of nitrogens with one attached hydrogen (secondary N) is 3. The first-order valence-electron chi connectivity index (χ1n) is 11.5. The molecule has 1 fully saturated rings. The molecule has 1 atom stereocenters. The van der Waals surface area contributed by atoms with E-state index in [1.54, 1.807) is 29.1 Å². The Kier molecular flexibility index (Phi) is 6.55. The van der Waals surface area contributed by atoms with E-state index in [4.69, 9.17) is 9.97 Å². The van der Waals surface area contributed by atoms with Gasteiger partial charge in [0.15, 0.2) is 5.82 Å². The van der Waals surface area contributed by atoms with Crippen LogP contribution in [0.2, 0.25) is 0 Å². The van der Waals surface area contributed by atoms with Crippen molar-refractivity contribution in [2.75, 3.05) is 48.4 Å². The smallest absolute Gasteiger partial charge is 0.229 e. The molecule has 2 aliphatic rings. The Morgan fingerprint density at radius 1 is 1.17 bits per heavy atom. The molecule has 11 nitrogen and oxygen atoms in total. The van der Waals surface area contributed by atoms with E-state index < -0.39 is 10.0 Å². The van der Waals surface area contributed by atoms with E-state index in [1.807, 2.05) is 24.3 Å². The van der Waals surface area contributed by atoms with Crippen molar-refractivity contribution in [3.8, 4) is 11.3 Å².